The fraction of sp³-hybridized carbons (Fsp3) is 0.750. The van der Waals surface area contributed by atoms with Crippen molar-refractivity contribution in [3.63, 3.8) is 0 Å². The van der Waals surface area contributed by atoms with E-state index in [1.807, 2.05) is 12.1 Å². The number of amides is 1. The first kappa shape index (κ1) is 40.5. The number of aromatic hydroxyl groups is 1. The van der Waals surface area contributed by atoms with E-state index in [0.717, 1.165) is 31.6 Å². The lowest BCUT2D eigenvalue weighted by Crippen LogP contribution is -2.25. The van der Waals surface area contributed by atoms with Crippen LogP contribution in [0.25, 0.3) is 6.08 Å². The smallest absolute Gasteiger partial charge is 0.259 e. The van der Waals surface area contributed by atoms with Crippen molar-refractivity contribution in [2.75, 3.05) is 18.0 Å². The van der Waals surface area contributed by atoms with E-state index in [1.54, 1.807) is 12.1 Å². The van der Waals surface area contributed by atoms with Crippen LogP contribution in [-0.4, -0.2) is 24.1 Å². The highest BCUT2D eigenvalue weighted by Gasteiger charge is 2.11. The summed E-state index contributed by atoms with van der Waals surface area (Å²) >= 11 is 0. The number of primary amides is 1. The molecule has 5 heteroatoms. The lowest BCUT2D eigenvalue weighted by molar-refractivity contribution is -0.114. The Morgan fingerprint density at radius 1 is 0.667 bits per heavy atom. The summed E-state index contributed by atoms with van der Waals surface area (Å²) in [5, 5.41) is 19.9. The molecule has 0 aliphatic rings. The van der Waals surface area contributed by atoms with Crippen LogP contribution in [0.1, 0.15) is 186 Å². The van der Waals surface area contributed by atoms with Crippen molar-refractivity contribution in [2.45, 2.75) is 181 Å². The van der Waals surface area contributed by atoms with Crippen molar-refractivity contribution >= 4 is 17.7 Å². The summed E-state index contributed by atoms with van der Waals surface area (Å²) in [6.45, 7) is 6.52. The Kier molecular flexibility index (Phi) is 26.1. The number of nitriles is 1. The number of nitrogens with zero attached hydrogens (tertiary/aromatic N) is 2. The molecule has 0 saturated carbocycles. The predicted molar refractivity (Wildman–Crippen MR) is 194 cm³/mol. The lowest BCUT2D eigenvalue weighted by Gasteiger charge is -2.25. The number of rotatable bonds is 31. The lowest BCUT2D eigenvalue weighted by atomic mass is 10.0. The summed E-state index contributed by atoms with van der Waals surface area (Å²) in [4.78, 5) is 13.9. The second kappa shape index (κ2) is 29.0. The zero-order valence-corrected chi connectivity index (χ0v) is 29.4. The Morgan fingerprint density at radius 3 is 1.33 bits per heavy atom. The molecule has 0 aliphatic carbocycles. The number of carbonyl (C=O) groups excluding carboxylic acids is 1. The molecule has 0 fully saturated rings. The van der Waals surface area contributed by atoms with Crippen LogP contribution in [0, 0.1) is 11.3 Å². The number of phenols is 1. The molecule has 0 aliphatic heterocycles. The van der Waals surface area contributed by atoms with Crippen molar-refractivity contribution in [2.24, 2.45) is 5.73 Å². The van der Waals surface area contributed by atoms with Crippen LogP contribution in [-0.2, 0) is 4.79 Å². The molecule has 1 amide bonds. The maximum absolute atomic E-state index is 11.5. The van der Waals surface area contributed by atoms with E-state index in [0.29, 0.717) is 5.56 Å². The summed E-state index contributed by atoms with van der Waals surface area (Å²) in [5.74, 6) is -0.714. The Hall–Kier alpha value is -2.48. The van der Waals surface area contributed by atoms with Crippen LogP contribution < -0.4 is 10.6 Å². The zero-order chi connectivity index (χ0) is 32.8. The van der Waals surface area contributed by atoms with Crippen LogP contribution in [0.15, 0.2) is 23.8 Å². The van der Waals surface area contributed by atoms with Crippen LogP contribution >= 0.6 is 0 Å². The quantitative estimate of drug-likeness (QED) is 0.0489. The molecule has 1 aromatic carbocycles. The molecule has 5 nitrogen and oxygen atoms in total. The van der Waals surface area contributed by atoms with E-state index in [-0.39, 0.29) is 11.3 Å². The zero-order valence-electron chi connectivity index (χ0n) is 29.4. The number of unbranched alkanes of at least 4 members (excludes halogenated alkanes) is 24. The third-order valence-corrected chi connectivity index (χ3v) is 9.13. The van der Waals surface area contributed by atoms with Gasteiger partial charge in [-0.05, 0) is 31.1 Å². The molecule has 256 valence electrons. The van der Waals surface area contributed by atoms with Crippen molar-refractivity contribution in [1.29, 1.82) is 5.26 Å². The van der Waals surface area contributed by atoms with Crippen LogP contribution in [0.5, 0.6) is 5.75 Å². The summed E-state index contributed by atoms with van der Waals surface area (Å²) < 4.78 is 0. The molecular formula is C40H69N3O2. The average molecular weight is 624 g/mol. The molecular weight excluding hydrogens is 554 g/mol. The van der Waals surface area contributed by atoms with Gasteiger partial charge in [-0.25, -0.2) is 0 Å². The molecule has 0 unspecified atom stereocenters. The first-order chi connectivity index (χ1) is 22.0. The molecule has 0 aromatic heterocycles. The van der Waals surface area contributed by atoms with Gasteiger partial charge < -0.3 is 15.7 Å². The summed E-state index contributed by atoms with van der Waals surface area (Å²) in [7, 11) is 0. The van der Waals surface area contributed by atoms with E-state index < -0.39 is 5.91 Å². The first-order valence-electron chi connectivity index (χ1n) is 19.0. The van der Waals surface area contributed by atoms with Crippen LogP contribution in [0.2, 0.25) is 0 Å². The van der Waals surface area contributed by atoms with Crippen LogP contribution in [0.3, 0.4) is 0 Å². The topological polar surface area (TPSA) is 90.4 Å². The van der Waals surface area contributed by atoms with Gasteiger partial charge in [0.25, 0.3) is 5.91 Å². The minimum atomic E-state index is -0.785. The molecule has 1 aromatic rings. The van der Waals surface area contributed by atoms with Gasteiger partial charge in [0.05, 0.1) is 0 Å². The van der Waals surface area contributed by atoms with Gasteiger partial charge in [-0.3, -0.25) is 4.79 Å². The number of hydrogen-bond donors (Lipinski definition) is 2. The fourth-order valence-electron chi connectivity index (χ4n) is 6.18. The molecule has 0 heterocycles. The van der Waals surface area contributed by atoms with E-state index in [9.17, 15) is 15.2 Å². The number of carbonyl (C=O) groups is 1. The highest BCUT2D eigenvalue weighted by Crippen LogP contribution is 2.28. The Balaban J connectivity index is 2.41. The van der Waals surface area contributed by atoms with E-state index in [4.69, 9.17) is 5.73 Å². The van der Waals surface area contributed by atoms with Gasteiger partial charge in [0.2, 0.25) is 0 Å². The average Bonchev–Trinajstić information content (AvgIpc) is 3.03. The van der Waals surface area contributed by atoms with Crippen molar-refractivity contribution < 1.29 is 9.90 Å². The number of anilines is 1. The fourth-order valence-corrected chi connectivity index (χ4v) is 6.18. The number of phenolic OH excluding ortho intramolecular Hbond substituents is 1. The molecule has 0 radical (unpaired) electrons. The molecule has 45 heavy (non-hydrogen) atoms. The third kappa shape index (κ3) is 21.8. The number of benzene rings is 1. The van der Waals surface area contributed by atoms with Gasteiger partial charge >= 0.3 is 0 Å². The van der Waals surface area contributed by atoms with Gasteiger partial charge in [0.15, 0.2) is 0 Å². The molecule has 0 saturated heterocycles. The van der Waals surface area contributed by atoms with Gasteiger partial charge in [-0.2, -0.15) is 5.26 Å². The highest BCUT2D eigenvalue weighted by atomic mass is 16.3. The van der Waals surface area contributed by atoms with Gasteiger partial charge in [-0.1, -0.05) is 168 Å². The van der Waals surface area contributed by atoms with Crippen molar-refractivity contribution in [1.82, 2.24) is 0 Å². The molecule has 3 N–H and O–H groups in total. The summed E-state index contributed by atoms with van der Waals surface area (Å²) in [6, 6.07) is 7.35. The second-order valence-corrected chi connectivity index (χ2v) is 13.2. The third-order valence-electron chi connectivity index (χ3n) is 9.13. The minimum Gasteiger partial charge on any atom is -0.507 e. The monoisotopic (exact) mass is 624 g/mol. The Bertz CT molecular complexity index is 936. The van der Waals surface area contributed by atoms with E-state index in [1.165, 1.54) is 160 Å². The highest BCUT2D eigenvalue weighted by molar-refractivity contribution is 6.00. The molecule has 1 rings (SSSR count). The standard InChI is InChI=1S/C40H69N3O2/c1-3-5-7-9-11-13-15-16-17-18-19-20-22-24-26-28-32-43(31-27-25-23-21-14-12-10-8-6-4-2)38-30-29-36(39(44)34-38)33-37(35-41)40(42)45/h29-30,33-34,44H,3-28,31-32H2,1-2H3,(H2,42,45). The van der Waals surface area contributed by atoms with Crippen molar-refractivity contribution in [3.05, 3.63) is 29.3 Å². The second-order valence-electron chi connectivity index (χ2n) is 13.2. The van der Waals surface area contributed by atoms with Gasteiger partial charge in [0.1, 0.15) is 17.4 Å². The maximum Gasteiger partial charge on any atom is 0.259 e. The van der Waals surface area contributed by atoms with Crippen LogP contribution in [0.4, 0.5) is 5.69 Å². The van der Waals surface area contributed by atoms with E-state index >= 15 is 0 Å². The number of hydrogen-bond acceptors (Lipinski definition) is 4. The molecule has 0 atom stereocenters. The van der Waals surface area contributed by atoms with Gasteiger partial charge in [-0.15, -0.1) is 0 Å². The number of nitrogens with two attached hydrogens (primary N) is 1. The normalized spacial score (nSPS) is 11.5. The first-order valence-corrected chi connectivity index (χ1v) is 19.0. The largest absolute Gasteiger partial charge is 0.507 e. The molecule has 0 bridgehead atoms. The molecule has 0 spiro atoms. The summed E-state index contributed by atoms with van der Waals surface area (Å²) in [6.07, 6.45) is 36.4. The van der Waals surface area contributed by atoms with E-state index in [2.05, 4.69) is 18.7 Å². The predicted octanol–water partition coefficient (Wildman–Crippen LogP) is 11.8. The maximum atomic E-state index is 11.5. The Labute approximate surface area is 278 Å². The summed E-state index contributed by atoms with van der Waals surface area (Å²) in [5.41, 5.74) is 6.56. The van der Waals surface area contributed by atoms with Crippen molar-refractivity contribution in [3.8, 4) is 11.8 Å². The Morgan fingerprint density at radius 2 is 1.02 bits per heavy atom. The SMILES string of the molecule is CCCCCCCCCCCCCCCCCCN(CCCCCCCCCCCC)c1ccc(C=C(C#N)C(N)=O)c(O)c1. The van der Waals surface area contributed by atoms with Gasteiger partial charge in [0, 0.05) is 30.4 Å². The minimum absolute atomic E-state index is 0.0709.